The summed E-state index contributed by atoms with van der Waals surface area (Å²) < 4.78 is 123. The molecule has 0 radical (unpaired) electrons. The van der Waals surface area contributed by atoms with E-state index in [0.717, 1.165) is 13.7 Å². The normalized spacial score (nSPS) is 21.2. The number of carbonyl (C=O) groups excluding carboxylic acids is 1. The van der Waals surface area contributed by atoms with Crippen molar-refractivity contribution in [3.05, 3.63) is 278 Å². The predicted molar refractivity (Wildman–Crippen MR) is 420 cm³/mol. The minimum absolute atomic E-state index is 0.00997. The number of hydrogen-bond acceptors (Lipinski definition) is 24. The van der Waals surface area contributed by atoms with Crippen molar-refractivity contribution in [3.63, 3.8) is 0 Å². The van der Waals surface area contributed by atoms with Gasteiger partial charge in [-0.2, -0.15) is 10.2 Å². The number of nitriles is 1. The van der Waals surface area contributed by atoms with Crippen molar-refractivity contribution in [3.8, 4) is 29.1 Å². The Bertz CT molecular complexity index is 5250. The van der Waals surface area contributed by atoms with E-state index in [1.165, 1.54) is 89.1 Å². The van der Waals surface area contributed by atoms with Crippen molar-refractivity contribution in [1.29, 1.82) is 5.26 Å². The molecule has 3 fully saturated rings. The van der Waals surface area contributed by atoms with E-state index in [9.17, 15) is 38.9 Å². The summed E-state index contributed by atoms with van der Waals surface area (Å²) >= 11 is 13.5. The van der Waals surface area contributed by atoms with Crippen LogP contribution in [0.2, 0.25) is 10.0 Å². The molecule has 12 rings (SSSR count). The molecule has 9 aromatic rings. The summed E-state index contributed by atoms with van der Waals surface area (Å²) in [6.45, 7) is 9.27. The zero-order valence-electron chi connectivity index (χ0n) is 63.0. The lowest BCUT2D eigenvalue weighted by Gasteiger charge is -2.39. The number of nitrogens with one attached hydrogen (secondary N) is 3. The number of aromatic amines is 2. The maximum atomic E-state index is 16.7. The molecular formula is C78H84Cl2N9O22P3. The molecule has 0 aliphatic carbocycles. The summed E-state index contributed by atoms with van der Waals surface area (Å²) in [6.07, 6.45) is -11.1. The van der Waals surface area contributed by atoms with Gasteiger partial charge in [0.15, 0.2) is 0 Å². The fraction of sp³-hybridized carbons (Fsp3) is 0.359. The van der Waals surface area contributed by atoms with Crippen molar-refractivity contribution in [2.45, 2.75) is 140 Å². The number of ether oxygens (including phenoxy) is 6. The zero-order valence-corrected chi connectivity index (χ0v) is 67.2. The summed E-state index contributed by atoms with van der Waals surface area (Å²) in [6, 6.07) is 46.3. The van der Waals surface area contributed by atoms with E-state index in [-0.39, 0.29) is 75.6 Å². The molecule has 3 aromatic heterocycles. The van der Waals surface area contributed by atoms with Crippen molar-refractivity contribution in [1.82, 2.24) is 33.3 Å². The number of carbonyl (C=O) groups is 1. The number of rotatable bonds is 34. The number of H-pyrrole nitrogens is 2. The van der Waals surface area contributed by atoms with Gasteiger partial charge >= 0.3 is 32.7 Å². The number of hydrogen-bond donors (Lipinski definition) is 4. The van der Waals surface area contributed by atoms with Crippen molar-refractivity contribution in [2.75, 3.05) is 39.4 Å². The number of halogens is 2. The molecule has 6 heterocycles. The molecule has 4 unspecified atom stereocenters. The van der Waals surface area contributed by atoms with Gasteiger partial charge in [-0.3, -0.25) is 56.5 Å². The van der Waals surface area contributed by atoms with E-state index in [4.69, 9.17) is 83.3 Å². The van der Waals surface area contributed by atoms with Crippen molar-refractivity contribution in [2.24, 2.45) is 5.92 Å². The highest BCUT2D eigenvalue weighted by molar-refractivity contribution is 7.49. The van der Waals surface area contributed by atoms with Gasteiger partial charge < -0.3 is 51.8 Å². The third-order valence-corrected chi connectivity index (χ3v) is 24.3. The summed E-state index contributed by atoms with van der Waals surface area (Å²) in [5.41, 5.74) is -3.66. The zero-order chi connectivity index (χ0) is 81.2. The van der Waals surface area contributed by atoms with Gasteiger partial charge in [0.2, 0.25) is 0 Å². The number of nitrogens with zero attached hydrogens (tertiary/aromatic N) is 6. The molecule has 36 heteroatoms. The Labute approximate surface area is 665 Å². The molecule has 31 nitrogen and oxygen atoms in total. The fourth-order valence-electron chi connectivity index (χ4n) is 13.8. The fourth-order valence-corrected chi connectivity index (χ4v) is 18.5. The molecule has 3 aliphatic rings. The summed E-state index contributed by atoms with van der Waals surface area (Å²) in [4.78, 5) is 104. The lowest BCUT2D eigenvalue weighted by Crippen LogP contribution is -2.47. The van der Waals surface area contributed by atoms with Crippen LogP contribution in [0.3, 0.4) is 0 Å². The maximum absolute atomic E-state index is 16.7. The van der Waals surface area contributed by atoms with Crippen molar-refractivity contribution >= 4 is 59.1 Å². The van der Waals surface area contributed by atoms with Crippen LogP contribution in [0, 0.1) is 31.1 Å². The largest absolute Gasteiger partial charge is 0.530 e. The van der Waals surface area contributed by atoms with Crippen LogP contribution < -0.4 is 52.0 Å². The topological polar surface area (TPSA) is 375 Å². The molecule has 3 aliphatic heterocycles. The number of aryl methyl sites for hydroxylation is 2. The second kappa shape index (κ2) is 37.1. The highest BCUT2D eigenvalue weighted by Gasteiger charge is 2.57. The third kappa shape index (κ3) is 19.6. The molecular weight excluding hydrogens is 1580 g/mol. The van der Waals surface area contributed by atoms with Crippen LogP contribution in [0.1, 0.15) is 110 Å². The number of para-hydroxylation sites is 2. The molecule has 0 saturated carbocycles. The highest BCUT2D eigenvalue weighted by atomic mass is 35.5. The number of benzene rings is 6. The molecule has 4 N–H and O–H groups in total. The Morgan fingerprint density at radius 2 is 1.19 bits per heavy atom. The number of phosphoric ester groups is 2. The van der Waals surface area contributed by atoms with Gasteiger partial charge in [-0.05, 0) is 125 Å². The monoisotopic (exact) mass is 1660 g/mol. The lowest BCUT2D eigenvalue weighted by atomic mass is 9.79. The highest BCUT2D eigenvalue weighted by Crippen LogP contribution is 2.59. The Hall–Kier alpha value is -9.25. The molecule has 114 heavy (non-hydrogen) atoms. The molecule has 0 spiro atoms. The Balaban J connectivity index is 1.02. The number of methoxy groups -OCH3 is 2. The first-order valence-corrected chi connectivity index (χ1v) is 41.1. The van der Waals surface area contributed by atoms with Gasteiger partial charge in [0.05, 0.1) is 68.8 Å². The minimum Gasteiger partial charge on any atom is -0.497 e. The molecule has 0 bridgehead atoms. The lowest BCUT2D eigenvalue weighted by molar-refractivity contribution is -0.124. The van der Waals surface area contributed by atoms with Crippen LogP contribution in [0.5, 0.6) is 23.0 Å². The van der Waals surface area contributed by atoms with E-state index in [1.54, 1.807) is 66.7 Å². The second-order valence-electron chi connectivity index (χ2n) is 27.4. The smallest absolute Gasteiger partial charge is 0.497 e. The second-order valence-corrected chi connectivity index (χ2v) is 32.5. The summed E-state index contributed by atoms with van der Waals surface area (Å²) in [5.74, 6) is -1.73. The predicted octanol–water partition coefficient (Wildman–Crippen LogP) is 12.8. The average Bonchev–Trinajstić information content (AvgIpc) is 1.35. The van der Waals surface area contributed by atoms with Gasteiger partial charge in [-0.25, -0.2) is 28.2 Å². The van der Waals surface area contributed by atoms with Crippen LogP contribution in [0.4, 0.5) is 5.82 Å². The molecule has 3 saturated heterocycles. The number of anilines is 1. The Morgan fingerprint density at radius 1 is 0.675 bits per heavy atom. The molecule has 6 aromatic carbocycles. The van der Waals surface area contributed by atoms with E-state index in [0.29, 0.717) is 28.2 Å². The molecule has 1 amide bonds. The van der Waals surface area contributed by atoms with E-state index in [1.807, 2.05) is 87.0 Å². The van der Waals surface area contributed by atoms with E-state index >= 15 is 9.13 Å². The average molecular weight is 1660 g/mol. The van der Waals surface area contributed by atoms with E-state index < -0.39 is 151 Å². The van der Waals surface area contributed by atoms with Crippen LogP contribution in [-0.4, -0.2) is 127 Å². The van der Waals surface area contributed by atoms with Gasteiger partial charge in [0.1, 0.15) is 77.5 Å². The number of aromatic nitrogens is 6. The van der Waals surface area contributed by atoms with Crippen LogP contribution in [0.15, 0.2) is 206 Å². The Morgan fingerprint density at radius 3 is 1.75 bits per heavy atom. The van der Waals surface area contributed by atoms with Crippen LogP contribution >= 0.6 is 47.4 Å². The summed E-state index contributed by atoms with van der Waals surface area (Å²) in [5, 5.41) is 12.1. The van der Waals surface area contributed by atoms with Crippen LogP contribution in [-0.2, 0) is 56.3 Å². The quantitative estimate of drug-likeness (QED) is 0.0165. The summed E-state index contributed by atoms with van der Waals surface area (Å²) in [7, 11) is -10.2. The first-order chi connectivity index (χ1) is 54.7. The molecule has 13 atom stereocenters. The standard InChI is InChI=1S/C78H84Cl2N9O22P3/c1-47(2)89(48(3)4)112(102-39-19-37-81)107-62-41-68(87-43-49(5)72(90)84-76(87)94)105-65(62)46-103-114(98,109-61-27-18-16-25-59(61)80)110-63-42-69(88-44-50(6)73(91)85-77(88)95)106-71(63)70(111-113(96,97)108-60-26-17-15-24-58(60)79)57-40-67(86-38-36-66(83-75(86)93)82-74(92)51-20-11-9-12-21-51)104-64(57)45-101-78(52-22-13-10-14-23-52,53-28-32-55(99-7)33-29-53)54-30-34-56(100-8)35-31-54/h9-18,20-36,38,43-44,47-48,57,62-65,67-71H,19,39-42,45-46H2,1-8H3,(H,96,97)(H,84,90,94)(H,85,91,95)(H,82,83,92,93)/t57-,62-,63-,64-,65+,67+,68+,69+,70?,71+,112?,114?/m0/s1. The first kappa shape index (κ1) is 84.2. The first-order valence-electron chi connectivity index (χ1n) is 36.3. The van der Waals surface area contributed by atoms with Gasteiger partial charge in [-0.15, -0.1) is 0 Å². The van der Waals surface area contributed by atoms with E-state index in [2.05, 4.69) is 26.3 Å². The van der Waals surface area contributed by atoms with Gasteiger partial charge in [-0.1, -0.05) is 120 Å². The van der Waals surface area contributed by atoms with Gasteiger partial charge in [0.25, 0.3) is 25.6 Å². The Kier molecular flexibility index (Phi) is 27.4. The van der Waals surface area contributed by atoms with Gasteiger partial charge in [0, 0.05) is 72.5 Å². The maximum Gasteiger partial charge on any atom is 0.530 e. The minimum atomic E-state index is -5.69. The SMILES string of the molecule is COc1ccc(C(OC[C@@H]2O[C@@H](n3ccc(NC(=O)c4ccccc4)nc3=O)C[C@@H]2C(OP(=O)(O)Oc2ccccc2Cl)[C@@H]2O[C@@H](n3cc(C)c(=O)[nH]c3=O)C[C@@H]2OP(=O)(OC[C@H]2O[C@@H](n3cc(C)c(=O)[nH]c3=O)C[C@@H]2OP(OCCC#N)N(C(C)C)C(C)C)Oc2ccccc2Cl)(c2ccccc2)c2ccc(OC)cc2)cc1. The number of phosphoric acid groups is 2. The van der Waals surface area contributed by atoms with Crippen LogP contribution in [0.25, 0.3) is 0 Å². The molecule has 602 valence electrons. The number of amides is 1. The third-order valence-electron chi connectivity index (χ3n) is 19.2. The van der Waals surface area contributed by atoms with Crippen molar-refractivity contribution < 1.29 is 78.9 Å².